The number of nitrogens with zero attached hydrogens (tertiary/aromatic N) is 4. The summed E-state index contributed by atoms with van der Waals surface area (Å²) < 4.78 is 60.5. The molecule has 10 aromatic rings. The number of aliphatic carboxylic acids is 2. The van der Waals surface area contributed by atoms with Gasteiger partial charge in [0, 0.05) is 79.1 Å². The van der Waals surface area contributed by atoms with E-state index in [1.807, 2.05) is 100.0 Å². The summed E-state index contributed by atoms with van der Waals surface area (Å²) in [7, 11) is 6.19. The Kier molecular flexibility index (Phi) is 20.6. The summed E-state index contributed by atoms with van der Waals surface area (Å²) in [5, 5.41) is 22.5. The van der Waals surface area contributed by atoms with Gasteiger partial charge in [0.25, 0.3) is 16.7 Å². The van der Waals surface area contributed by atoms with Crippen LogP contribution in [0.4, 0.5) is 4.39 Å². The number of hydrogen-bond donors (Lipinski definition) is 4. The number of halogens is 1. The molecule has 13 rings (SSSR count). The van der Waals surface area contributed by atoms with Crippen molar-refractivity contribution in [3.63, 3.8) is 0 Å². The molecule has 0 bridgehead atoms. The van der Waals surface area contributed by atoms with Crippen molar-refractivity contribution in [1.82, 2.24) is 28.2 Å². The molecule has 0 fully saturated rings. The van der Waals surface area contributed by atoms with E-state index >= 15 is 0 Å². The summed E-state index contributed by atoms with van der Waals surface area (Å²) in [5.74, 6) is -0.603. The smallest absolute Gasteiger partial charge is 0.341 e. The van der Waals surface area contributed by atoms with E-state index in [0.29, 0.717) is 76.2 Å². The van der Waals surface area contributed by atoms with Crippen molar-refractivity contribution >= 4 is 50.6 Å². The van der Waals surface area contributed by atoms with E-state index in [2.05, 4.69) is 16.9 Å². The zero-order valence-corrected chi connectivity index (χ0v) is 60.9. The zero-order chi connectivity index (χ0) is 73.8. The van der Waals surface area contributed by atoms with Crippen molar-refractivity contribution in [2.45, 2.75) is 163 Å². The molecular formula is C80H91FN6O15. The third kappa shape index (κ3) is 14.5. The number of nitrogens with one attached hydrogen (secondary N) is 2. The average molecular weight is 1400 g/mol. The number of carboxylic acids is 2. The van der Waals surface area contributed by atoms with Crippen LogP contribution in [-0.2, 0) is 80.3 Å². The molecule has 6 aromatic heterocycles. The number of aromatic amines is 2. The van der Waals surface area contributed by atoms with Crippen LogP contribution in [0.1, 0.15) is 156 Å². The number of aromatic nitrogens is 6. The highest BCUT2D eigenvalue weighted by Gasteiger charge is 2.39. The number of fused-ring (bicyclic) bond motifs is 6. The van der Waals surface area contributed by atoms with Crippen LogP contribution in [-0.4, -0.2) is 100 Å². The van der Waals surface area contributed by atoms with E-state index in [0.717, 1.165) is 122 Å². The number of carbonyl (C=O) groups is 3. The number of hydrogen-bond acceptors (Lipinski definition) is 13. The van der Waals surface area contributed by atoms with Crippen LogP contribution < -0.4 is 30.9 Å². The number of pyridine rings is 3. The first-order valence-corrected chi connectivity index (χ1v) is 34.4. The van der Waals surface area contributed by atoms with Gasteiger partial charge in [-0.05, 0) is 226 Å². The highest BCUT2D eigenvalue weighted by molar-refractivity contribution is 6.01. The molecule has 0 saturated heterocycles. The van der Waals surface area contributed by atoms with Gasteiger partial charge in [-0.1, -0.05) is 30.3 Å². The molecular weight excluding hydrogens is 1300 g/mol. The summed E-state index contributed by atoms with van der Waals surface area (Å²) >= 11 is 0. The van der Waals surface area contributed by atoms with Gasteiger partial charge in [-0.2, -0.15) is 0 Å². The first kappa shape index (κ1) is 73.2. The highest BCUT2D eigenvalue weighted by atomic mass is 19.1. The van der Waals surface area contributed by atoms with Gasteiger partial charge >= 0.3 is 17.9 Å². The van der Waals surface area contributed by atoms with Crippen molar-refractivity contribution in [1.29, 1.82) is 0 Å². The lowest BCUT2D eigenvalue weighted by Crippen LogP contribution is -2.33. The van der Waals surface area contributed by atoms with E-state index in [1.165, 1.54) is 32.9 Å². The minimum absolute atomic E-state index is 0.228. The van der Waals surface area contributed by atoms with Crippen LogP contribution in [0.2, 0.25) is 0 Å². The average Bonchev–Trinajstić information content (AvgIpc) is 1.44. The quantitative estimate of drug-likeness (QED) is 0.0738. The molecule has 538 valence electrons. The van der Waals surface area contributed by atoms with Crippen molar-refractivity contribution in [2.75, 3.05) is 26.9 Å². The molecule has 0 amide bonds. The van der Waals surface area contributed by atoms with Gasteiger partial charge in [-0.25, -0.2) is 18.8 Å². The van der Waals surface area contributed by atoms with E-state index in [1.54, 1.807) is 87.2 Å². The Labute approximate surface area is 590 Å². The molecule has 102 heavy (non-hydrogen) atoms. The lowest BCUT2D eigenvalue weighted by Gasteiger charge is -2.30. The summed E-state index contributed by atoms with van der Waals surface area (Å²) in [6.45, 7) is 24.9. The topological polar surface area (TPSA) is 259 Å². The fourth-order valence-electron chi connectivity index (χ4n) is 14.3. The molecule has 0 spiro atoms. The van der Waals surface area contributed by atoms with Gasteiger partial charge in [0.15, 0.2) is 18.3 Å². The Balaban J connectivity index is 0.000000155. The molecule has 0 saturated carbocycles. The van der Waals surface area contributed by atoms with Crippen molar-refractivity contribution < 1.29 is 62.1 Å². The normalized spacial score (nSPS) is 14.6. The van der Waals surface area contributed by atoms with Gasteiger partial charge in [0.1, 0.15) is 39.6 Å². The van der Waals surface area contributed by atoms with Gasteiger partial charge in [0.05, 0.1) is 60.8 Å². The Hall–Kier alpha value is -10.0. The Bertz CT molecular complexity index is 5100. The number of esters is 1. The van der Waals surface area contributed by atoms with Gasteiger partial charge in [-0.3, -0.25) is 14.4 Å². The van der Waals surface area contributed by atoms with Gasteiger partial charge < -0.3 is 71.6 Å². The maximum Gasteiger partial charge on any atom is 0.341 e. The van der Waals surface area contributed by atoms with Gasteiger partial charge in [-0.15, -0.1) is 0 Å². The SMILES string of the molecule is COC(=O)C(OC(C)(C)C)c1c(-c2ccc3c(c2C)CCCO3)c2cc[nH]c2c(=O)n1C.Cc1c(-c2c(C(OC(C)(C)C)C(=O)O)n(C)c(=O)c3[nH]ccc23)ccc2c1CCCO2.Cc1c(-c2c(C(OC(C)(C)C)C(=O)O)n(C)c(=O)c3c2ccn3Cc2ccc(F)cc2)ccc2c1CCCO2. The summed E-state index contributed by atoms with van der Waals surface area (Å²) in [4.78, 5) is 84.2. The minimum Gasteiger partial charge on any atom is -0.493 e. The summed E-state index contributed by atoms with van der Waals surface area (Å²) in [5.41, 5.74) is 11.5. The second-order valence-electron chi connectivity index (χ2n) is 29.3. The first-order chi connectivity index (χ1) is 48.2. The monoisotopic (exact) mass is 1390 g/mol. The number of H-pyrrole nitrogens is 2. The zero-order valence-electron chi connectivity index (χ0n) is 60.9. The molecule has 9 heterocycles. The molecule has 3 aliphatic rings. The summed E-state index contributed by atoms with van der Waals surface area (Å²) in [6.07, 6.45) is 6.96. The van der Waals surface area contributed by atoms with Crippen LogP contribution in [0, 0.1) is 26.6 Å². The van der Waals surface area contributed by atoms with E-state index in [-0.39, 0.29) is 28.2 Å². The second kappa shape index (κ2) is 28.8. The Morgan fingerprint density at radius 3 is 1.25 bits per heavy atom. The molecule has 21 nitrogen and oxygen atoms in total. The fourth-order valence-corrected chi connectivity index (χ4v) is 14.3. The number of ether oxygens (including phenoxy) is 7. The predicted molar refractivity (Wildman–Crippen MR) is 390 cm³/mol. The van der Waals surface area contributed by atoms with Crippen molar-refractivity contribution in [3.8, 4) is 50.6 Å². The second-order valence-corrected chi connectivity index (χ2v) is 29.3. The van der Waals surface area contributed by atoms with E-state index < -0.39 is 53.0 Å². The number of benzene rings is 4. The largest absolute Gasteiger partial charge is 0.493 e. The van der Waals surface area contributed by atoms with E-state index in [9.17, 15) is 43.4 Å². The summed E-state index contributed by atoms with van der Waals surface area (Å²) in [6, 6.07) is 23.4. The lowest BCUT2D eigenvalue weighted by molar-refractivity contribution is -0.165. The fraction of sp³-hybridized carbons (Fsp3) is 0.400. The van der Waals surface area contributed by atoms with Crippen LogP contribution >= 0.6 is 0 Å². The molecule has 3 unspecified atom stereocenters. The number of methoxy groups -OCH3 is 1. The Morgan fingerprint density at radius 1 is 0.510 bits per heavy atom. The highest BCUT2D eigenvalue weighted by Crippen LogP contribution is 2.46. The number of carboxylic acid groups (broad SMARTS) is 2. The maximum absolute atomic E-state index is 13.9. The van der Waals surface area contributed by atoms with Gasteiger partial charge in [0.2, 0.25) is 0 Å². The third-order valence-corrected chi connectivity index (χ3v) is 18.9. The number of rotatable bonds is 14. The van der Waals surface area contributed by atoms with Crippen LogP contribution in [0.3, 0.4) is 0 Å². The van der Waals surface area contributed by atoms with E-state index in [4.69, 9.17) is 33.2 Å². The third-order valence-electron chi connectivity index (χ3n) is 18.9. The maximum atomic E-state index is 13.9. The molecule has 4 N–H and O–H groups in total. The molecule has 0 aliphatic carbocycles. The first-order valence-electron chi connectivity index (χ1n) is 34.4. The van der Waals surface area contributed by atoms with Crippen LogP contribution in [0.25, 0.3) is 66.1 Å². The minimum atomic E-state index is -1.38. The molecule has 22 heteroatoms. The standard InChI is InChI=1S/C31H33FN2O5.C25H30N2O5.C24H28N2O5/c1-18-21-7-6-16-38-24(21)13-12-22(18)25-23-14-15-34(17-19-8-10-20(32)11-9-19)26(23)29(35)33(5)27(25)28(30(36)37)39-31(2,3)4;1-14-15-8-7-13-31-18(15)10-9-16(14)19-17-11-12-26-20(17)23(28)27(5)21(19)22(24(29)30-6)32-25(2,3)4;1-13-14-7-6-12-30-17(14)9-8-15(13)18-16-10-11-25-19(16)22(27)26(5)20(18)21(23(28)29)31-24(2,3)4/h8-15,28H,6-7,16-17H2,1-5H3,(H,36,37);9-12,22,26H,7-8,13H2,1-6H3;8-11,21,25H,6-7,12H2,1-5H3,(H,28,29). The molecule has 0 radical (unpaired) electrons. The van der Waals surface area contributed by atoms with Crippen molar-refractivity contribution in [2.24, 2.45) is 21.1 Å². The Morgan fingerprint density at radius 2 is 0.873 bits per heavy atom. The lowest BCUT2D eigenvalue weighted by atomic mass is 9.89. The van der Waals surface area contributed by atoms with Crippen LogP contribution in [0.15, 0.2) is 112 Å². The predicted octanol–water partition coefficient (Wildman–Crippen LogP) is 14.1. The molecule has 3 aliphatic heterocycles. The van der Waals surface area contributed by atoms with Crippen LogP contribution in [0.5, 0.6) is 17.2 Å². The van der Waals surface area contributed by atoms with Crippen molar-refractivity contribution in [3.05, 3.63) is 190 Å². The number of carbonyl (C=O) groups excluding carboxylic acids is 1. The molecule has 4 aromatic carbocycles. The molecule has 3 atom stereocenters.